The molecule has 0 saturated carbocycles. The fourth-order valence-electron chi connectivity index (χ4n) is 1.44. The van der Waals surface area contributed by atoms with Crippen LogP contribution in [0, 0.1) is 5.41 Å². The second kappa shape index (κ2) is 3.44. The van der Waals surface area contributed by atoms with Gasteiger partial charge in [0.25, 0.3) is 0 Å². The molecule has 0 unspecified atom stereocenters. The van der Waals surface area contributed by atoms with Crippen LogP contribution in [0.5, 0.6) is 0 Å². The van der Waals surface area contributed by atoms with Crippen molar-refractivity contribution < 1.29 is 18.0 Å². The van der Waals surface area contributed by atoms with E-state index in [0.717, 1.165) is 26.7 Å². The molecule has 1 saturated heterocycles. The van der Waals surface area contributed by atoms with Crippen molar-refractivity contribution in [3.63, 3.8) is 0 Å². The van der Waals surface area contributed by atoms with E-state index in [1.54, 1.807) is 0 Å². The average molecular weight is 209 g/mol. The molecule has 0 aliphatic carbocycles. The Hall–Kier alpha value is -0.740. The fourth-order valence-corrected chi connectivity index (χ4v) is 1.44. The number of nitrogens with zero attached hydrogens (tertiary/aromatic N) is 1. The molecule has 2 nitrogen and oxygen atoms in total. The molecule has 0 aromatic rings. The highest BCUT2D eigenvalue weighted by Gasteiger charge is 2.54. The van der Waals surface area contributed by atoms with Gasteiger partial charge in [-0.05, 0) is 26.7 Å². The third kappa shape index (κ3) is 1.86. The monoisotopic (exact) mass is 209 g/mol. The summed E-state index contributed by atoms with van der Waals surface area (Å²) in [6, 6.07) is 0. The maximum atomic E-state index is 12.5. The summed E-state index contributed by atoms with van der Waals surface area (Å²) >= 11 is 0. The van der Waals surface area contributed by atoms with Crippen LogP contribution in [-0.4, -0.2) is 30.1 Å². The van der Waals surface area contributed by atoms with Crippen LogP contribution in [0.25, 0.3) is 0 Å². The summed E-state index contributed by atoms with van der Waals surface area (Å²) in [6.45, 7) is 2.79. The molecule has 14 heavy (non-hydrogen) atoms. The van der Waals surface area contributed by atoms with Crippen molar-refractivity contribution in [2.24, 2.45) is 5.41 Å². The Morgan fingerprint density at radius 3 is 1.93 bits per heavy atom. The first-order valence-corrected chi connectivity index (χ1v) is 4.63. The fraction of sp³-hybridized carbons (Fsp3) is 0.889. The zero-order valence-corrected chi connectivity index (χ0v) is 8.32. The molecular formula is C9H14F3NO. The maximum absolute atomic E-state index is 12.5. The van der Waals surface area contributed by atoms with E-state index in [4.69, 9.17) is 0 Å². The van der Waals surface area contributed by atoms with Crippen LogP contribution in [0.15, 0.2) is 0 Å². The topological polar surface area (TPSA) is 20.3 Å². The minimum Gasteiger partial charge on any atom is -0.342 e. The first kappa shape index (κ1) is 11.3. The molecule has 0 N–H and O–H groups in total. The van der Waals surface area contributed by atoms with E-state index in [-0.39, 0.29) is 0 Å². The highest BCUT2D eigenvalue weighted by Crippen LogP contribution is 2.39. The molecule has 0 radical (unpaired) electrons. The Balaban J connectivity index is 2.76. The van der Waals surface area contributed by atoms with Gasteiger partial charge in [0.05, 0.1) is 0 Å². The van der Waals surface area contributed by atoms with Gasteiger partial charge < -0.3 is 4.90 Å². The summed E-state index contributed by atoms with van der Waals surface area (Å²) in [7, 11) is 0. The van der Waals surface area contributed by atoms with Crippen molar-refractivity contribution in [1.29, 1.82) is 0 Å². The molecular weight excluding hydrogens is 195 g/mol. The molecule has 5 heteroatoms. The van der Waals surface area contributed by atoms with Crippen molar-refractivity contribution >= 4 is 5.91 Å². The second-order valence-electron chi connectivity index (χ2n) is 4.12. The lowest BCUT2D eigenvalue weighted by Crippen LogP contribution is -2.47. The van der Waals surface area contributed by atoms with E-state index >= 15 is 0 Å². The molecule has 1 aliphatic rings. The number of carbonyl (C=O) groups excluding carboxylic acids is 1. The van der Waals surface area contributed by atoms with Crippen LogP contribution in [0.2, 0.25) is 0 Å². The van der Waals surface area contributed by atoms with Gasteiger partial charge in [0, 0.05) is 13.1 Å². The van der Waals surface area contributed by atoms with Gasteiger partial charge in [-0.1, -0.05) is 0 Å². The third-order valence-electron chi connectivity index (χ3n) is 2.64. The van der Waals surface area contributed by atoms with Gasteiger partial charge in [0.15, 0.2) is 0 Å². The Morgan fingerprint density at radius 2 is 1.57 bits per heavy atom. The van der Waals surface area contributed by atoms with E-state index < -0.39 is 17.5 Å². The highest BCUT2D eigenvalue weighted by molar-refractivity contribution is 5.83. The van der Waals surface area contributed by atoms with Crippen molar-refractivity contribution in [3.8, 4) is 0 Å². The minimum atomic E-state index is -4.47. The predicted molar refractivity (Wildman–Crippen MR) is 45.7 cm³/mol. The number of hydrogen-bond acceptors (Lipinski definition) is 1. The number of alkyl halides is 3. The zero-order valence-electron chi connectivity index (χ0n) is 8.32. The molecule has 1 amide bonds. The SMILES string of the molecule is CC(C)(C(=O)N1CCCC1)C(F)(F)F. The molecule has 0 atom stereocenters. The lowest BCUT2D eigenvalue weighted by atomic mass is 9.91. The number of likely N-dealkylation sites (tertiary alicyclic amines) is 1. The number of rotatable bonds is 1. The summed E-state index contributed by atoms with van der Waals surface area (Å²) in [5.74, 6) is -0.803. The average Bonchev–Trinajstić information content (AvgIpc) is 2.52. The summed E-state index contributed by atoms with van der Waals surface area (Å²) < 4.78 is 37.5. The van der Waals surface area contributed by atoms with Crippen LogP contribution >= 0.6 is 0 Å². The predicted octanol–water partition coefficient (Wildman–Crippen LogP) is 2.20. The van der Waals surface area contributed by atoms with Crippen molar-refractivity contribution in [3.05, 3.63) is 0 Å². The van der Waals surface area contributed by atoms with Gasteiger partial charge in [-0.15, -0.1) is 0 Å². The molecule has 0 bridgehead atoms. The number of carbonyl (C=O) groups is 1. The zero-order chi connectivity index (χ0) is 11.0. The first-order chi connectivity index (χ1) is 6.27. The molecule has 1 aliphatic heterocycles. The van der Waals surface area contributed by atoms with Crippen LogP contribution in [-0.2, 0) is 4.79 Å². The Kier molecular flexibility index (Phi) is 2.78. The summed E-state index contributed by atoms with van der Waals surface area (Å²) in [4.78, 5) is 12.8. The molecule has 0 aromatic heterocycles. The highest BCUT2D eigenvalue weighted by atomic mass is 19.4. The summed E-state index contributed by atoms with van der Waals surface area (Å²) in [5.41, 5.74) is -2.25. The van der Waals surface area contributed by atoms with Crippen molar-refractivity contribution in [2.75, 3.05) is 13.1 Å². The summed E-state index contributed by atoms with van der Waals surface area (Å²) in [6.07, 6.45) is -2.86. The molecule has 0 aromatic carbocycles. The molecule has 0 spiro atoms. The van der Waals surface area contributed by atoms with Gasteiger partial charge in [-0.2, -0.15) is 13.2 Å². The lowest BCUT2D eigenvalue weighted by Gasteiger charge is -2.30. The van der Waals surface area contributed by atoms with Crippen LogP contribution in [0.3, 0.4) is 0 Å². The number of hydrogen-bond donors (Lipinski definition) is 0. The van der Waals surface area contributed by atoms with Gasteiger partial charge in [-0.3, -0.25) is 4.79 Å². The van der Waals surface area contributed by atoms with Gasteiger partial charge in [-0.25, -0.2) is 0 Å². The van der Waals surface area contributed by atoms with E-state index in [9.17, 15) is 18.0 Å². The third-order valence-corrected chi connectivity index (χ3v) is 2.64. The quantitative estimate of drug-likeness (QED) is 0.648. The van der Waals surface area contributed by atoms with Crippen LogP contribution < -0.4 is 0 Å². The largest absolute Gasteiger partial charge is 0.402 e. The van der Waals surface area contributed by atoms with E-state index in [2.05, 4.69) is 0 Å². The van der Waals surface area contributed by atoms with Crippen molar-refractivity contribution in [2.45, 2.75) is 32.9 Å². The maximum Gasteiger partial charge on any atom is 0.402 e. The number of amides is 1. The Labute approximate surface area is 81.1 Å². The van der Waals surface area contributed by atoms with Gasteiger partial charge >= 0.3 is 6.18 Å². The minimum absolute atomic E-state index is 0.457. The molecule has 1 rings (SSSR count). The summed E-state index contributed by atoms with van der Waals surface area (Å²) in [5, 5.41) is 0. The Bertz CT molecular complexity index is 229. The van der Waals surface area contributed by atoms with Crippen molar-refractivity contribution in [1.82, 2.24) is 4.90 Å². The standard InChI is InChI=1S/C9H14F3NO/c1-8(2,9(10,11)12)7(14)13-5-3-4-6-13/h3-6H2,1-2H3. The van der Waals surface area contributed by atoms with E-state index in [0.29, 0.717) is 13.1 Å². The molecule has 1 heterocycles. The molecule has 1 fully saturated rings. The second-order valence-corrected chi connectivity index (χ2v) is 4.12. The number of halogens is 3. The first-order valence-electron chi connectivity index (χ1n) is 4.63. The lowest BCUT2D eigenvalue weighted by molar-refractivity contribution is -0.216. The van der Waals surface area contributed by atoms with Gasteiger partial charge in [0.2, 0.25) is 5.91 Å². The smallest absolute Gasteiger partial charge is 0.342 e. The Morgan fingerprint density at radius 1 is 1.14 bits per heavy atom. The molecule has 82 valence electrons. The van der Waals surface area contributed by atoms with Crippen LogP contribution in [0.1, 0.15) is 26.7 Å². The van der Waals surface area contributed by atoms with E-state index in [1.165, 1.54) is 4.90 Å². The van der Waals surface area contributed by atoms with Crippen LogP contribution in [0.4, 0.5) is 13.2 Å². The van der Waals surface area contributed by atoms with Gasteiger partial charge in [0.1, 0.15) is 5.41 Å². The van der Waals surface area contributed by atoms with E-state index in [1.807, 2.05) is 0 Å². The normalized spacial score (nSPS) is 18.8.